The molecule has 1 aromatic carbocycles. The van der Waals surface area contributed by atoms with Crippen molar-refractivity contribution in [1.82, 2.24) is 25.1 Å². The quantitative estimate of drug-likeness (QED) is 0.865. The summed E-state index contributed by atoms with van der Waals surface area (Å²) in [5, 5.41) is 12.8. The molecule has 2 atom stereocenters. The van der Waals surface area contributed by atoms with E-state index in [-0.39, 0.29) is 12.5 Å². The van der Waals surface area contributed by atoms with E-state index in [1.54, 1.807) is 6.07 Å². The molecular formula is C16H20ClN5O. The summed E-state index contributed by atoms with van der Waals surface area (Å²) in [6, 6.07) is 7.32. The van der Waals surface area contributed by atoms with Crippen molar-refractivity contribution in [2.45, 2.75) is 26.8 Å². The standard InChI is InChI=1S/C16H20ClN5O/c1-11-7-12(2)9-21(8-11)15(23)10-22-19-16(18-20-22)13-5-3-4-6-14(13)17/h3-6,11-12H,7-10H2,1-2H3. The Balaban J connectivity index is 1.69. The molecule has 1 saturated heterocycles. The third kappa shape index (κ3) is 3.69. The topological polar surface area (TPSA) is 63.9 Å². The van der Waals surface area contributed by atoms with Gasteiger partial charge in [-0.3, -0.25) is 4.79 Å². The lowest BCUT2D eigenvalue weighted by Gasteiger charge is -2.34. The molecule has 0 N–H and O–H groups in total. The predicted octanol–water partition coefficient (Wildman–Crippen LogP) is 2.50. The first-order chi connectivity index (χ1) is 11.0. The molecule has 1 amide bonds. The molecule has 3 rings (SSSR count). The van der Waals surface area contributed by atoms with Crippen molar-refractivity contribution in [1.29, 1.82) is 0 Å². The van der Waals surface area contributed by atoms with Gasteiger partial charge < -0.3 is 4.90 Å². The molecule has 7 heteroatoms. The molecule has 2 unspecified atom stereocenters. The minimum absolute atomic E-state index is 0.0338. The van der Waals surface area contributed by atoms with E-state index in [4.69, 9.17) is 11.6 Å². The van der Waals surface area contributed by atoms with Crippen LogP contribution in [0.25, 0.3) is 11.4 Å². The van der Waals surface area contributed by atoms with Gasteiger partial charge in [0.1, 0.15) is 6.54 Å². The number of hydrogen-bond donors (Lipinski definition) is 0. The second kappa shape index (κ2) is 6.66. The summed E-state index contributed by atoms with van der Waals surface area (Å²) in [5.41, 5.74) is 0.716. The number of halogens is 1. The average molecular weight is 334 g/mol. The number of likely N-dealkylation sites (tertiary alicyclic amines) is 1. The predicted molar refractivity (Wildman–Crippen MR) is 87.8 cm³/mol. The van der Waals surface area contributed by atoms with Gasteiger partial charge in [-0.25, -0.2) is 0 Å². The second-order valence-corrected chi connectivity index (χ2v) is 6.78. The smallest absolute Gasteiger partial charge is 0.246 e. The van der Waals surface area contributed by atoms with Crippen LogP contribution in [-0.4, -0.2) is 44.1 Å². The van der Waals surface area contributed by atoms with Crippen LogP contribution in [0.2, 0.25) is 5.02 Å². The maximum absolute atomic E-state index is 12.4. The molecular weight excluding hydrogens is 314 g/mol. The zero-order chi connectivity index (χ0) is 16.4. The fourth-order valence-corrected chi connectivity index (χ4v) is 3.37. The zero-order valence-corrected chi connectivity index (χ0v) is 14.1. The van der Waals surface area contributed by atoms with E-state index in [9.17, 15) is 4.79 Å². The fourth-order valence-electron chi connectivity index (χ4n) is 3.15. The van der Waals surface area contributed by atoms with Crippen LogP contribution in [0.1, 0.15) is 20.3 Å². The number of benzene rings is 1. The number of nitrogens with zero attached hydrogens (tertiary/aromatic N) is 5. The Morgan fingerprint density at radius 2 is 1.96 bits per heavy atom. The van der Waals surface area contributed by atoms with Crippen LogP contribution in [0.3, 0.4) is 0 Å². The number of amides is 1. The van der Waals surface area contributed by atoms with Crippen molar-refractivity contribution < 1.29 is 4.79 Å². The third-order valence-electron chi connectivity index (χ3n) is 4.07. The number of carbonyl (C=O) groups excluding carboxylic acids is 1. The Bertz CT molecular complexity index is 691. The first-order valence-electron chi connectivity index (χ1n) is 7.83. The molecule has 2 aromatic rings. The number of carbonyl (C=O) groups is 1. The van der Waals surface area contributed by atoms with Crippen LogP contribution in [0.5, 0.6) is 0 Å². The Kier molecular flexibility index (Phi) is 4.61. The van der Waals surface area contributed by atoms with E-state index >= 15 is 0 Å². The minimum atomic E-state index is 0.0338. The molecule has 6 nitrogen and oxygen atoms in total. The zero-order valence-electron chi connectivity index (χ0n) is 13.3. The van der Waals surface area contributed by atoms with Gasteiger partial charge in [-0.15, -0.1) is 10.2 Å². The highest BCUT2D eigenvalue weighted by Crippen LogP contribution is 2.24. The number of piperidine rings is 1. The summed E-state index contributed by atoms with van der Waals surface area (Å²) in [6.07, 6.45) is 1.17. The molecule has 23 heavy (non-hydrogen) atoms. The Labute approximate surface area is 140 Å². The third-order valence-corrected chi connectivity index (χ3v) is 4.40. The maximum atomic E-state index is 12.4. The Morgan fingerprint density at radius 1 is 1.26 bits per heavy atom. The highest BCUT2D eigenvalue weighted by Gasteiger charge is 2.26. The fraction of sp³-hybridized carbons (Fsp3) is 0.500. The van der Waals surface area contributed by atoms with E-state index in [2.05, 4.69) is 29.3 Å². The lowest BCUT2D eigenvalue weighted by molar-refractivity contribution is -0.135. The summed E-state index contributed by atoms with van der Waals surface area (Å²) in [4.78, 5) is 15.7. The van der Waals surface area contributed by atoms with E-state index in [1.165, 1.54) is 11.2 Å². The monoisotopic (exact) mass is 333 g/mol. The molecule has 1 aliphatic rings. The van der Waals surface area contributed by atoms with E-state index in [1.807, 2.05) is 23.1 Å². The highest BCUT2D eigenvalue weighted by molar-refractivity contribution is 6.33. The molecule has 122 valence electrons. The van der Waals surface area contributed by atoms with Gasteiger partial charge in [0.25, 0.3) is 0 Å². The van der Waals surface area contributed by atoms with Gasteiger partial charge >= 0.3 is 0 Å². The van der Waals surface area contributed by atoms with Gasteiger partial charge in [0.05, 0.1) is 5.02 Å². The maximum Gasteiger partial charge on any atom is 0.246 e. The first kappa shape index (κ1) is 15.9. The van der Waals surface area contributed by atoms with Crippen LogP contribution in [-0.2, 0) is 11.3 Å². The largest absolute Gasteiger partial charge is 0.340 e. The Hall–Kier alpha value is -1.95. The summed E-state index contributed by atoms with van der Waals surface area (Å²) in [5.74, 6) is 1.53. The normalized spacial score (nSPS) is 21.4. The van der Waals surface area contributed by atoms with Crippen LogP contribution in [0.15, 0.2) is 24.3 Å². The van der Waals surface area contributed by atoms with E-state index in [0.29, 0.717) is 28.2 Å². The minimum Gasteiger partial charge on any atom is -0.340 e. The molecule has 1 aliphatic heterocycles. The van der Waals surface area contributed by atoms with Gasteiger partial charge in [0.2, 0.25) is 11.7 Å². The molecule has 0 spiro atoms. The molecule has 0 radical (unpaired) electrons. The van der Waals surface area contributed by atoms with Gasteiger partial charge in [0.15, 0.2) is 0 Å². The summed E-state index contributed by atoms with van der Waals surface area (Å²) >= 11 is 6.14. The van der Waals surface area contributed by atoms with E-state index in [0.717, 1.165) is 13.1 Å². The van der Waals surface area contributed by atoms with Crippen LogP contribution < -0.4 is 0 Å². The van der Waals surface area contributed by atoms with Crippen LogP contribution in [0, 0.1) is 11.8 Å². The van der Waals surface area contributed by atoms with Crippen molar-refractivity contribution in [3.8, 4) is 11.4 Å². The van der Waals surface area contributed by atoms with Gasteiger partial charge in [0, 0.05) is 18.7 Å². The number of rotatable bonds is 3. The molecule has 0 aliphatic carbocycles. The summed E-state index contributed by atoms with van der Waals surface area (Å²) in [7, 11) is 0. The summed E-state index contributed by atoms with van der Waals surface area (Å²) in [6.45, 7) is 6.07. The SMILES string of the molecule is CC1CC(C)CN(C(=O)Cn2nnc(-c3ccccc3Cl)n2)C1. The lowest BCUT2D eigenvalue weighted by atomic mass is 9.92. The van der Waals surface area contributed by atoms with Crippen molar-refractivity contribution in [3.63, 3.8) is 0 Å². The van der Waals surface area contributed by atoms with E-state index < -0.39 is 0 Å². The van der Waals surface area contributed by atoms with Crippen LogP contribution in [0.4, 0.5) is 0 Å². The highest BCUT2D eigenvalue weighted by atomic mass is 35.5. The second-order valence-electron chi connectivity index (χ2n) is 6.37. The van der Waals surface area contributed by atoms with Gasteiger partial charge in [-0.05, 0) is 35.6 Å². The molecule has 1 aromatic heterocycles. The Morgan fingerprint density at radius 3 is 2.65 bits per heavy atom. The number of aromatic nitrogens is 4. The number of hydrogen-bond acceptors (Lipinski definition) is 4. The van der Waals surface area contributed by atoms with Crippen molar-refractivity contribution in [2.75, 3.05) is 13.1 Å². The molecule has 0 saturated carbocycles. The summed E-state index contributed by atoms with van der Waals surface area (Å²) < 4.78 is 0. The van der Waals surface area contributed by atoms with Crippen molar-refractivity contribution >= 4 is 17.5 Å². The van der Waals surface area contributed by atoms with Gasteiger partial charge in [-0.1, -0.05) is 37.6 Å². The first-order valence-corrected chi connectivity index (χ1v) is 8.21. The average Bonchev–Trinajstić information content (AvgIpc) is 2.95. The van der Waals surface area contributed by atoms with Crippen LogP contribution >= 0.6 is 11.6 Å². The molecule has 1 fully saturated rings. The molecule has 2 heterocycles. The lowest BCUT2D eigenvalue weighted by Crippen LogP contribution is -2.44. The van der Waals surface area contributed by atoms with Crippen molar-refractivity contribution in [3.05, 3.63) is 29.3 Å². The molecule has 0 bridgehead atoms. The van der Waals surface area contributed by atoms with Crippen molar-refractivity contribution in [2.24, 2.45) is 11.8 Å². The number of tetrazole rings is 1. The van der Waals surface area contributed by atoms with Gasteiger partial charge in [-0.2, -0.15) is 4.80 Å².